The van der Waals surface area contributed by atoms with Crippen LogP contribution in [0.25, 0.3) is 0 Å². The molecule has 0 bridgehead atoms. The molecule has 0 aliphatic heterocycles. The Morgan fingerprint density at radius 1 is 1.19 bits per heavy atom. The normalized spacial score (nSPS) is 15.6. The number of amides is 1. The van der Waals surface area contributed by atoms with Crippen LogP contribution in [0.2, 0.25) is 0 Å². The minimum absolute atomic E-state index is 0.0157. The molecule has 0 saturated heterocycles. The van der Waals surface area contributed by atoms with Crippen LogP contribution in [0.4, 0.5) is 0 Å². The highest BCUT2D eigenvalue weighted by Gasteiger charge is 2.22. The van der Waals surface area contributed by atoms with E-state index in [1.54, 1.807) is 7.11 Å². The molecule has 3 rings (SSSR count). The van der Waals surface area contributed by atoms with Gasteiger partial charge in [0.25, 0.3) is 5.91 Å². The van der Waals surface area contributed by atoms with Crippen molar-refractivity contribution in [1.82, 2.24) is 5.32 Å². The SMILES string of the molecule is COc1ccc(C)cc1CC(=O)OCC(=O)N[C@@H]1CCCc2ccccc21. The quantitative estimate of drug-likeness (QED) is 0.796. The molecule has 0 unspecified atom stereocenters. The van der Waals surface area contributed by atoms with Gasteiger partial charge in [-0.3, -0.25) is 9.59 Å². The van der Waals surface area contributed by atoms with Crippen LogP contribution in [0.1, 0.15) is 41.1 Å². The summed E-state index contributed by atoms with van der Waals surface area (Å²) in [5.74, 6) is -0.0832. The number of nitrogens with one attached hydrogen (secondary N) is 1. The first-order chi connectivity index (χ1) is 13.1. The van der Waals surface area contributed by atoms with Crippen LogP contribution >= 0.6 is 0 Å². The molecule has 2 aromatic carbocycles. The number of carbonyl (C=O) groups is 2. The average Bonchev–Trinajstić information content (AvgIpc) is 2.67. The number of rotatable bonds is 6. The van der Waals surface area contributed by atoms with Gasteiger partial charge in [0.15, 0.2) is 6.61 Å². The van der Waals surface area contributed by atoms with E-state index in [-0.39, 0.29) is 25.0 Å². The van der Waals surface area contributed by atoms with Crippen LogP contribution in [0.15, 0.2) is 42.5 Å². The molecule has 0 radical (unpaired) electrons. The first kappa shape index (κ1) is 19.0. The molecule has 142 valence electrons. The number of fused-ring (bicyclic) bond motifs is 1. The van der Waals surface area contributed by atoms with E-state index in [1.165, 1.54) is 5.56 Å². The maximum Gasteiger partial charge on any atom is 0.310 e. The Bertz CT molecular complexity index is 831. The van der Waals surface area contributed by atoms with Crippen molar-refractivity contribution in [2.45, 2.75) is 38.6 Å². The number of hydrogen-bond acceptors (Lipinski definition) is 4. The molecule has 5 nitrogen and oxygen atoms in total. The molecule has 0 fully saturated rings. The molecule has 1 amide bonds. The minimum Gasteiger partial charge on any atom is -0.496 e. The highest BCUT2D eigenvalue weighted by atomic mass is 16.5. The zero-order chi connectivity index (χ0) is 19.2. The summed E-state index contributed by atoms with van der Waals surface area (Å²) < 4.78 is 10.4. The van der Waals surface area contributed by atoms with Crippen molar-refractivity contribution in [2.75, 3.05) is 13.7 Å². The molecule has 1 N–H and O–H groups in total. The third kappa shape index (κ3) is 4.88. The zero-order valence-corrected chi connectivity index (χ0v) is 15.8. The largest absolute Gasteiger partial charge is 0.496 e. The van der Waals surface area contributed by atoms with Crippen LogP contribution in [0.3, 0.4) is 0 Å². The van der Waals surface area contributed by atoms with Crippen LogP contribution in [0.5, 0.6) is 5.75 Å². The van der Waals surface area contributed by atoms with Gasteiger partial charge < -0.3 is 14.8 Å². The fourth-order valence-corrected chi connectivity index (χ4v) is 3.54. The first-order valence-electron chi connectivity index (χ1n) is 9.23. The smallest absolute Gasteiger partial charge is 0.310 e. The molecule has 1 atom stereocenters. The van der Waals surface area contributed by atoms with Crippen molar-refractivity contribution < 1.29 is 19.1 Å². The lowest BCUT2D eigenvalue weighted by Gasteiger charge is -2.26. The van der Waals surface area contributed by atoms with Gasteiger partial charge in [0.1, 0.15) is 5.75 Å². The third-order valence-corrected chi connectivity index (χ3v) is 4.84. The minimum atomic E-state index is -0.446. The van der Waals surface area contributed by atoms with Crippen molar-refractivity contribution >= 4 is 11.9 Å². The molecule has 0 spiro atoms. The van der Waals surface area contributed by atoms with Gasteiger partial charge in [-0.05, 0) is 43.4 Å². The lowest BCUT2D eigenvalue weighted by Crippen LogP contribution is -2.34. The predicted octanol–water partition coefficient (Wildman–Crippen LogP) is 3.28. The van der Waals surface area contributed by atoms with E-state index >= 15 is 0 Å². The number of methoxy groups -OCH3 is 1. The van der Waals surface area contributed by atoms with Gasteiger partial charge in [-0.1, -0.05) is 42.0 Å². The zero-order valence-electron chi connectivity index (χ0n) is 15.8. The Balaban J connectivity index is 1.53. The number of ether oxygens (including phenoxy) is 2. The van der Waals surface area contributed by atoms with E-state index in [9.17, 15) is 9.59 Å². The van der Waals surface area contributed by atoms with Crippen molar-refractivity contribution in [3.05, 3.63) is 64.7 Å². The molecule has 0 aromatic heterocycles. The van der Waals surface area contributed by atoms with Gasteiger partial charge in [0, 0.05) is 5.56 Å². The third-order valence-electron chi connectivity index (χ3n) is 4.84. The second-order valence-electron chi connectivity index (χ2n) is 6.86. The van der Waals surface area contributed by atoms with E-state index in [0.29, 0.717) is 5.75 Å². The Labute approximate surface area is 159 Å². The monoisotopic (exact) mass is 367 g/mol. The molecule has 0 heterocycles. The van der Waals surface area contributed by atoms with Gasteiger partial charge in [-0.2, -0.15) is 0 Å². The summed E-state index contributed by atoms with van der Waals surface area (Å²) in [6, 6.07) is 13.8. The van der Waals surface area contributed by atoms with Gasteiger partial charge in [0.05, 0.1) is 19.6 Å². The summed E-state index contributed by atoms with van der Waals surface area (Å²) in [5, 5.41) is 2.99. The van der Waals surface area contributed by atoms with Gasteiger partial charge in [0.2, 0.25) is 0 Å². The van der Waals surface area contributed by atoms with E-state index in [4.69, 9.17) is 9.47 Å². The van der Waals surface area contributed by atoms with E-state index in [2.05, 4.69) is 17.4 Å². The summed E-state index contributed by atoms with van der Waals surface area (Å²) in [6.07, 6.45) is 3.05. The summed E-state index contributed by atoms with van der Waals surface area (Å²) in [7, 11) is 1.56. The highest BCUT2D eigenvalue weighted by Crippen LogP contribution is 2.29. The molecule has 5 heteroatoms. The molecular formula is C22H25NO4. The standard InChI is InChI=1S/C22H25NO4/c1-15-10-11-20(26-2)17(12-15)13-22(25)27-14-21(24)23-19-9-5-7-16-6-3-4-8-18(16)19/h3-4,6,8,10-12,19H,5,7,9,13-14H2,1-2H3,(H,23,24)/t19-/m1/s1. The van der Waals surface area contributed by atoms with Crippen LogP contribution in [-0.2, 0) is 27.2 Å². The fraction of sp³-hybridized carbons (Fsp3) is 0.364. The maximum absolute atomic E-state index is 12.2. The summed E-state index contributed by atoms with van der Waals surface area (Å²) in [5.41, 5.74) is 4.22. The summed E-state index contributed by atoms with van der Waals surface area (Å²) in [4.78, 5) is 24.4. The Morgan fingerprint density at radius 2 is 2.00 bits per heavy atom. The van der Waals surface area contributed by atoms with Gasteiger partial charge in [-0.15, -0.1) is 0 Å². The number of carbonyl (C=O) groups excluding carboxylic acids is 2. The van der Waals surface area contributed by atoms with Crippen molar-refractivity contribution in [1.29, 1.82) is 0 Å². The highest BCUT2D eigenvalue weighted by molar-refractivity contribution is 5.81. The van der Waals surface area contributed by atoms with E-state index in [1.807, 2.05) is 37.3 Å². The lowest BCUT2D eigenvalue weighted by molar-refractivity contribution is -0.148. The van der Waals surface area contributed by atoms with Crippen molar-refractivity contribution in [3.63, 3.8) is 0 Å². The summed E-state index contributed by atoms with van der Waals surface area (Å²) in [6.45, 7) is 1.68. The molecule has 1 aliphatic rings. The predicted molar refractivity (Wildman–Crippen MR) is 103 cm³/mol. The van der Waals surface area contributed by atoms with Crippen molar-refractivity contribution in [2.24, 2.45) is 0 Å². The van der Waals surface area contributed by atoms with E-state index < -0.39 is 5.97 Å². The molecule has 2 aromatic rings. The lowest BCUT2D eigenvalue weighted by atomic mass is 9.88. The van der Waals surface area contributed by atoms with Crippen LogP contribution in [0, 0.1) is 6.92 Å². The molecule has 0 saturated carbocycles. The Hall–Kier alpha value is -2.82. The van der Waals surface area contributed by atoms with Crippen LogP contribution < -0.4 is 10.1 Å². The number of esters is 1. The number of benzene rings is 2. The van der Waals surface area contributed by atoms with Crippen molar-refractivity contribution in [3.8, 4) is 5.75 Å². The first-order valence-corrected chi connectivity index (χ1v) is 9.23. The Kier molecular flexibility index (Phi) is 6.12. The summed E-state index contributed by atoms with van der Waals surface area (Å²) >= 11 is 0. The van der Waals surface area contributed by atoms with Gasteiger partial charge >= 0.3 is 5.97 Å². The van der Waals surface area contributed by atoms with E-state index in [0.717, 1.165) is 36.0 Å². The van der Waals surface area contributed by atoms with Gasteiger partial charge in [-0.25, -0.2) is 0 Å². The van der Waals surface area contributed by atoms with Crippen LogP contribution in [-0.4, -0.2) is 25.6 Å². The molecule has 1 aliphatic carbocycles. The second kappa shape index (κ2) is 8.71. The average molecular weight is 367 g/mol. The topological polar surface area (TPSA) is 64.6 Å². The number of aryl methyl sites for hydroxylation is 2. The molecular weight excluding hydrogens is 342 g/mol. The fourth-order valence-electron chi connectivity index (χ4n) is 3.54. The number of hydrogen-bond donors (Lipinski definition) is 1. The maximum atomic E-state index is 12.2. The Morgan fingerprint density at radius 3 is 2.81 bits per heavy atom. The second-order valence-corrected chi connectivity index (χ2v) is 6.86. The molecule has 27 heavy (non-hydrogen) atoms.